The molecule has 19 heavy (non-hydrogen) atoms. The molecule has 0 aromatic heterocycles. The maximum Gasteiger partial charge on any atom is 0.229 e. The molecule has 4 nitrogen and oxygen atoms in total. The van der Waals surface area contributed by atoms with E-state index in [0.717, 1.165) is 12.2 Å². The molecule has 0 bridgehead atoms. The van der Waals surface area contributed by atoms with E-state index in [2.05, 4.69) is 10.0 Å². The Morgan fingerprint density at radius 1 is 1.11 bits per heavy atom. The lowest BCUT2D eigenvalue weighted by atomic mass is 9.89. The number of hydrogen-bond acceptors (Lipinski definition) is 3. The third-order valence-electron chi connectivity index (χ3n) is 3.53. The minimum Gasteiger partial charge on any atom is -0.383 e. The summed E-state index contributed by atoms with van der Waals surface area (Å²) in [6.45, 7) is 0.919. The number of sulfonamides is 1. The fourth-order valence-corrected chi connectivity index (χ4v) is 3.15. The Bertz CT molecular complexity index is 508. The van der Waals surface area contributed by atoms with E-state index in [1.54, 1.807) is 6.07 Å². The third kappa shape index (κ3) is 4.74. The van der Waals surface area contributed by atoms with Gasteiger partial charge in [0.15, 0.2) is 0 Å². The van der Waals surface area contributed by atoms with Crippen LogP contribution in [0.3, 0.4) is 0 Å². The highest BCUT2D eigenvalue weighted by Crippen LogP contribution is 2.26. The van der Waals surface area contributed by atoms with Crippen molar-refractivity contribution >= 4 is 21.4 Å². The van der Waals surface area contributed by atoms with Crippen molar-refractivity contribution in [2.45, 2.75) is 32.1 Å². The van der Waals surface area contributed by atoms with Crippen molar-refractivity contribution in [3.63, 3.8) is 0 Å². The van der Waals surface area contributed by atoms with Crippen LogP contribution in [-0.4, -0.2) is 21.2 Å². The lowest BCUT2D eigenvalue weighted by Gasteiger charge is -2.23. The molecule has 106 valence electrons. The van der Waals surface area contributed by atoms with Crippen LogP contribution in [0.25, 0.3) is 0 Å². The number of nitrogens with one attached hydrogen (secondary N) is 2. The van der Waals surface area contributed by atoms with Crippen LogP contribution in [0.1, 0.15) is 32.1 Å². The fraction of sp³-hybridized carbons (Fsp3) is 0.571. The van der Waals surface area contributed by atoms with Crippen LogP contribution in [0.15, 0.2) is 24.3 Å². The number of hydrogen-bond donors (Lipinski definition) is 2. The van der Waals surface area contributed by atoms with E-state index in [4.69, 9.17) is 0 Å². The second-order valence-corrected chi connectivity index (χ2v) is 7.05. The Kier molecular flexibility index (Phi) is 4.69. The summed E-state index contributed by atoms with van der Waals surface area (Å²) in [5.74, 6) is 0.708. The van der Waals surface area contributed by atoms with Gasteiger partial charge in [0.1, 0.15) is 0 Å². The minimum absolute atomic E-state index is 0.626. The summed E-state index contributed by atoms with van der Waals surface area (Å²) in [6.07, 6.45) is 7.70. The molecule has 1 aromatic rings. The lowest BCUT2D eigenvalue weighted by molar-refractivity contribution is 0.373. The largest absolute Gasteiger partial charge is 0.383 e. The monoisotopic (exact) mass is 282 g/mol. The van der Waals surface area contributed by atoms with Crippen LogP contribution >= 0.6 is 0 Å². The molecule has 1 aliphatic rings. The molecular weight excluding hydrogens is 260 g/mol. The van der Waals surface area contributed by atoms with Crippen LogP contribution < -0.4 is 10.0 Å². The molecule has 0 unspecified atom stereocenters. The molecule has 1 fully saturated rings. The smallest absolute Gasteiger partial charge is 0.229 e. The zero-order valence-electron chi connectivity index (χ0n) is 11.4. The Balaban J connectivity index is 1.99. The maximum absolute atomic E-state index is 11.3. The maximum atomic E-state index is 11.3. The molecule has 5 heteroatoms. The molecule has 2 rings (SSSR count). The minimum atomic E-state index is -3.23. The standard InChI is InChI=1S/C14H22N2O2S/c1-19(17,18)16-14-10-6-5-9-13(14)15-11-12-7-3-2-4-8-12/h5-6,9-10,12,15-16H,2-4,7-8,11H2,1H3. The van der Waals surface area contributed by atoms with E-state index in [-0.39, 0.29) is 0 Å². The quantitative estimate of drug-likeness (QED) is 0.872. The highest BCUT2D eigenvalue weighted by Gasteiger charge is 2.14. The fourth-order valence-electron chi connectivity index (χ4n) is 2.57. The van der Waals surface area contributed by atoms with Crippen molar-refractivity contribution in [1.82, 2.24) is 0 Å². The molecule has 0 spiro atoms. The summed E-state index contributed by atoms with van der Waals surface area (Å²) in [5, 5.41) is 3.38. The third-order valence-corrected chi connectivity index (χ3v) is 4.12. The van der Waals surface area contributed by atoms with Gasteiger partial charge in [-0.15, -0.1) is 0 Å². The predicted octanol–water partition coefficient (Wildman–Crippen LogP) is 3.05. The zero-order chi connectivity index (χ0) is 13.7. The number of anilines is 2. The van der Waals surface area contributed by atoms with E-state index >= 15 is 0 Å². The van der Waals surface area contributed by atoms with E-state index in [1.165, 1.54) is 38.4 Å². The normalized spacial score (nSPS) is 17.1. The first-order valence-electron chi connectivity index (χ1n) is 6.85. The Morgan fingerprint density at radius 3 is 2.37 bits per heavy atom. The number of para-hydroxylation sites is 2. The van der Waals surface area contributed by atoms with E-state index in [1.807, 2.05) is 18.2 Å². The lowest BCUT2D eigenvalue weighted by Crippen LogP contribution is -2.18. The first-order chi connectivity index (χ1) is 9.04. The average molecular weight is 282 g/mol. The first kappa shape index (κ1) is 14.2. The molecule has 1 saturated carbocycles. The van der Waals surface area contributed by atoms with Gasteiger partial charge in [-0.2, -0.15) is 0 Å². The molecular formula is C14H22N2O2S. The summed E-state index contributed by atoms with van der Waals surface area (Å²) in [5.41, 5.74) is 1.49. The van der Waals surface area contributed by atoms with Gasteiger partial charge >= 0.3 is 0 Å². The SMILES string of the molecule is CS(=O)(=O)Nc1ccccc1NCC1CCCCC1. The molecule has 0 aliphatic heterocycles. The molecule has 0 saturated heterocycles. The topological polar surface area (TPSA) is 58.2 Å². The van der Waals surface area contributed by atoms with Gasteiger partial charge in [-0.25, -0.2) is 8.42 Å². The van der Waals surface area contributed by atoms with Gasteiger partial charge in [0.05, 0.1) is 17.6 Å². The first-order valence-corrected chi connectivity index (χ1v) is 8.74. The Labute approximate surface area is 115 Å². The van der Waals surface area contributed by atoms with Crippen LogP contribution in [0, 0.1) is 5.92 Å². The van der Waals surface area contributed by atoms with E-state index < -0.39 is 10.0 Å². The summed E-state index contributed by atoms with van der Waals surface area (Å²) in [4.78, 5) is 0. The van der Waals surface area contributed by atoms with Crippen molar-refractivity contribution in [3.05, 3.63) is 24.3 Å². The van der Waals surface area contributed by atoms with Gasteiger partial charge in [0.25, 0.3) is 0 Å². The summed E-state index contributed by atoms with van der Waals surface area (Å²) >= 11 is 0. The molecule has 0 atom stereocenters. The molecule has 0 radical (unpaired) electrons. The van der Waals surface area contributed by atoms with Crippen molar-refractivity contribution in [3.8, 4) is 0 Å². The van der Waals surface area contributed by atoms with Crippen molar-refractivity contribution < 1.29 is 8.42 Å². The second kappa shape index (κ2) is 6.28. The number of rotatable bonds is 5. The molecule has 1 aliphatic carbocycles. The van der Waals surface area contributed by atoms with Gasteiger partial charge in [-0.05, 0) is 30.9 Å². The van der Waals surface area contributed by atoms with Crippen LogP contribution in [0.4, 0.5) is 11.4 Å². The second-order valence-electron chi connectivity index (χ2n) is 5.30. The average Bonchev–Trinajstić information content (AvgIpc) is 2.37. The van der Waals surface area contributed by atoms with Gasteiger partial charge in [-0.1, -0.05) is 31.4 Å². The highest BCUT2D eigenvalue weighted by atomic mass is 32.2. The van der Waals surface area contributed by atoms with Gasteiger partial charge in [0.2, 0.25) is 10.0 Å². The molecule has 2 N–H and O–H groups in total. The van der Waals surface area contributed by atoms with Gasteiger partial charge in [-0.3, -0.25) is 4.72 Å². The van der Waals surface area contributed by atoms with E-state index in [9.17, 15) is 8.42 Å². The van der Waals surface area contributed by atoms with Crippen LogP contribution in [0.2, 0.25) is 0 Å². The van der Waals surface area contributed by atoms with Crippen molar-refractivity contribution in [1.29, 1.82) is 0 Å². The Hall–Kier alpha value is -1.23. The van der Waals surface area contributed by atoms with Crippen molar-refractivity contribution in [2.24, 2.45) is 5.92 Å². The van der Waals surface area contributed by atoms with Crippen molar-refractivity contribution in [2.75, 3.05) is 22.8 Å². The van der Waals surface area contributed by atoms with Gasteiger partial charge in [0, 0.05) is 6.54 Å². The summed E-state index contributed by atoms with van der Waals surface area (Å²) < 4.78 is 25.2. The predicted molar refractivity (Wildman–Crippen MR) is 80.0 cm³/mol. The molecule has 1 aromatic carbocycles. The van der Waals surface area contributed by atoms with Crippen LogP contribution in [-0.2, 0) is 10.0 Å². The summed E-state index contributed by atoms with van der Waals surface area (Å²) in [7, 11) is -3.23. The number of benzene rings is 1. The summed E-state index contributed by atoms with van der Waals surface area (Å²) in [6, 6.07) is 7.44. The molecule has 0 amide bonds. The highest BCUT2D eigenvalue weighted by molar-refractivity contribution is 7.92. The molecule has 0 heterocycles. The van der Waals surface area contributed by atoms with E-state index in [0.29, 0.717) is 11.6 Å². The Morgan fingerprint density at radius 2 is 1.74 bits per heavy atom. The van der Waals surface area contributed by atoms with Crippen LogP contribution in [0.5, 0.6) is 0 Å². The zero-order valence-corrected chi connectivity index (χ0v) is 12.2. The van der Waals surface area contributed by atoms with Gasteiger partial charge < -0.3 is 5.32 Å².